The summed E-state index contributed by atoms with van der Waals surface area (Å²) in [5.74, 6) is 2.40. The molecule has 0 unspecified atom stereocenters. The predicted octanol–water partition coefficient (Wildman–Crippen LogP) is 47.0. The van der Waals surface area contributed by atoms with Crippen molar-refractivity contribution in [3.05, 3.63) is 372 Å². The highest BCUT2D eigenvalue weighted by atomic mass is 16.1. The summed E-state index contributed by atoms with van der Waals surface area (Å²) in [6.07, 6.45) is 59.6. The Morgan fingerprint density at radius 2 is 0.426 bits per heavy atom. The van der Waals surface area contributed by atoms with Crippen molar-refractivity contribution in [1.29, 1.82) is 0 Å². The molecular formula is C134H236O2. The molecule has 2 aliphatic carbocycles. The van der Waals surface area contributed by atoms with Crippen LogP contribution in [0.2, 0.25) is 0 Å². The Bertz CT molecular complexity index is 3060. The first-order valence-corrected chi connectivity index (χ1v) is 54.5. The minimum absolute atomic E-state index is 0.121. The molecule has 10 rings (SSSR count). The van der Waals surface area contributed by atoms with E-state index in [0.29, 0.717) is 6.42 Å². The third-order valence-electron chi connectivity index (χ3n) is 17.1. The van der Waals surface area contributed by atoms with Crippen molar-refractivity contribution in [2.24, 2.45) is 11.8 Å². The lowest BCUT2D eigenvalue weighted by atomic mass is 9.91. The first-order valence-electron chi connectivity index (χ1n) is 54.5. The molecule has 0 N–H and O–H groups in total. The molecule has 8 aromatic rings. The largest absolute Gasteiger partial charge is 0.295 e. The molecule has 136 heavy (non-hydrogen) atoms. The fourth-order valence-electron chi connectivity index (χ4n) is 8.97. The number of hydrogen-bond donors (Lipinski definition) is 0. The summed E-state index contributed by atoms with van der Waals surface area (Å²) >= 11 is 0. The smallest absolute Gasteiger partial charge is 0.162 e. The van der Waals surface area contributed by atoms with Crippen LogP contribution in [0, 0.1) is 18.8 Å². The zero-order valence-electron chi connectivity index (χ0n) is 99.1. The molecule has 0 radical (unpaired) electrons. The van der Waals surface area contributed by atoms with Gasteiger partial charge in [-0.15, -0.1) is 0 Å². The average Bonchev–Trinajstić information content (AvgIpc) is 0.932. The molecule has 784 valence electrons. The number of ketones is 2. The van der Waals surface area contributed by atoms with E-state index in [1.165, 1.54) is 168 Å². The summed E-state index contributed by atoms with van der Waals surface area (Å²) in [5.41, 5.74) is 10.1. The number of unbranched alkanes of at least 4 members (excludes halogenated alkanes) is 2. The lowest BCUT2D eigenvalue weighted by molar-refractivity contribution is 0.0985. The van der Waals surface area contributed by atoms with Crippen LogP contribution in [0.3, 0.4) is 0 Å². The molecular weight excluding hydrogens is 1640 g/mol. The summed E-state index contributed by atoms with van der Waals surface area (Å²) in [7, 11) is 0. The van der Waals surface area contributed by atoms with Gasteiger partial charge in [0.2, 0.25) is 0 Å². The van der Waals surface area contributed by atoms with Crippen molar-refractivity contribution in [3.63, 3.8) is 0 Å². The fourth-order valence-corrected chi connectivity index (χ4v) is 8.97. The second-order valence-corrected chi connectivity index (χ2v) is 29.0. The van der Waals surface area contributed by atoms with E-state index >= 15 is 0 Å². The van der Waals surface area contributed by atoms with Crippen LogP contribution in [0.1, 0.15) is 474 Å². The van der Waals surface area contributed by atoms with Crippen LogP contribution in [0.4, 0.5) is 0 Å². The lowest BCUT2D eigenvalue weighted by Gasteiger charge is -2.15. The molecule has 0 spiro atoms. The number of Topliss-reactive ketones (excluding diaryl/α,β-unsaturated/α-hetero) is 2. The lowest BCUT2D eigenvalue weighted by Crippen LogP contribution is -1.99. The Hall–Kier alpha value is -8.72. The van der Waals surface area contributed by atoms with Gasteiger partial charge in [-0.25, -0.2) is 0 Å². The van der Waals surface area contributed by atoms with Crippen LogP contribution in [0.15, 0.2) is 328 Å². The van der Waals surface area contributed by atoms with Gasteiger partial charge in [-0.2, -0.15) is 0 Å². The molecule has 2 aliphatic rings. The van der Waals surface area contributed by atoms with Crippen LogP contribution in [0.5, 0.6) is 0 Å². The number of aryl methyl sites for hydroxylation is 6. The number of benzene rings is 8. The second-order valence-electron chi connectivity index (χ2n) is 29.0. The van der Waals surface area contributed by atoms with Gasteiger partial charge in [0.15, 0.2) is 11.6 Å². The van der Waals surface area contributed by atoms with Crippen molar-refractivity contribution in [2.75, 3.05) is 0 Å². The molecule has 0 aromatic heterocycles. The molecule has 2 fully saturated rings. The summed E-state index contributed by atoms with van der Waals surface area (Å²) in [6, 6.07) is 81.5. The molecule has 0 aliphatic heterocycles. The van der Waals surface area contributed by atoms with Gasteiger partial charge < -0.3 is 0 Å². The molecule has 0 atom stereocenters. The summed E-state index contributed by atoms with van der Waals surface area (Å²) < 4.78 is 0. The number of carbonyl (C=O) groups is 2. The van der Waals surface area contributed by atoms with Crippen molar-refractivity contribution < 1.29 is 9.59 Å². The average molecular weight is 1880 g/mol. The standard InChI is InChI=1S/C10H14.C9H10O.2C9H12.C8H8O.2C8H10.2C7H14.C7H8.C4H10.7C4H8.2C3H8.7C2H6/c1-2-3-7-10-8-5-4-6-9-10;1-2-9(10)8-6-4-3-5-7-8;2*1-2-6-9-7-4-3-5-8-9;1-7(9)8-5-3-2-4-6-8;2*1-2-8-6-4-3-5-7-8;3*1-7-5-3-2-4-6-7;8*1-3-4-2;2*1-3-2;7*1-2/h4-6,8-9H,2-3,7H2,1H3;3-7H,2H2,1H3;2*3-5,7-8H,2,6H2,1H3;2-6H,1H3;2*3-7H,2H2,1H3;2*7H,2-6H2,1H3;2-6H,1H3;3-4H2,1-2H3;7*3-4H,1-2H3;2*3H2,1-2H3;7*1-2H3. The Morgan fingerprint density at radius 3 is 0.551 bits per heavy atom. The zero-order chi connectivity index (χ0) is 108. The van der Waals surface area contributed by atoms with E-state index in [-0.39, 0.29) is 11.6 Å². The van der Waals surface area contributed by atoms with E-state index in [0.717, 1.165) is 35.8 Å². The van der Waals surface area contributed by atoms with Crippen LogP contribution in [-0.4, -0.2) is 11.6 Å². The first kappa shape index (κ1) is 167. The van der Waals surface area contributed by atoms with Gasteiger partial charge >= 0.3 is 0 Å². The summed E-state index contributed by atoms with van der Waals surface area (Å²) in [4.78, 5) is 21.7. The van der Waals surface area contributed by atoms with Gasteiger partial charge in [0.1, 0.15) is 0 Å². The minimum Gasteiger partial charge on any atom is -0.295 e. The third-order valence-corrected chi connectivity index (χ3v) is 17.1. The predicted molar refractivity (Wildman–Crippen MR) is 646 cm³/mol. The van der Waals surface area contributed by atoms with Gasteiger partial charge in [0.25, 0.3) is 0 Å². The van der Waals surface area contributed by atoms with E-state index in [4.69, 9.17) is 0 Å². The van der Waals surface area contributed by atoms with E-state index in [1.807, 2.05) is 377 Å². The molecule has 2 nitrogen and oxygen atoms in total. The van der Waals surface area contributed by atoms with Gasteiger partial charge in [0.05, 0.1) is 0 Å². The van der Waals surface area contributed by atoms with Crippen LogP contribution < -0.4 is 0 Å². The van der Waals surface area contributed by atoms with E-state index in [2.05, 4.69) is 249 Å². The summed E-state index contributed by atoms with van der Waals surface area (Å²) in [5, 5.41) is 0. The van der Waals surface area contributed by atoms with Crippen LogP contribution in [0.25, 0.3) is 0 Å². The van der Waals surface area contributed by atoms with E-state index in [9.17, 15) is 9.59 Å². The molecule has 8 aromatic carbocycles. The molecule has 2 heteroatoms. The van der Waals surface area contributed by atoms with Crippen LogP contribution in [-0.2, 0) is 32.1 Å². The highest BCUT2D eigenvalue weighted by Crippen LogP contribution is 2.23. The SMILES string of the molecule is CC.CC.CC.CC.CC.CC.CC.CC(=O)c1ccccc1.CC1CCCCC1.CC1CCCCC1.CC=CC.CC=CC.CC=CC.CC=CC.CC=CC.CC=CC.CC=CC.CCC.CCC.CCC(=O)c1ccccc1.CCCC.CCCCc1ccccc1.CCCc1ccccc1.CCCc1ccccc1.CCc1ccccc1.CCc1ccccc1.Cc1ccccc1. The Morgan fingerprint density at radius 1 is 0.243 bits per heavy atom. The Kier molecular flexibility index (Phi) is 219. The number of rotatable bonds is 13. The number of allylic oxidation sites excluding steroid dienone is 14. The molecule has 0 heterocycles. The van der Waals surface area contributed by atoms with Crippen molar-refractivity contribution in [1.82, 2.24) is 0 Å². The maximum Gasteiger partial charge on any atom is 0.162 e. The molecule has 0 amide bonds. The van der Waals surface area contributed by atoms with Gasteiger partial charge in [0, 0.05) is 17.5 Å². The maximum atomic E-state index is 11.0. The van der Waals surface area contributed by atoms with Gasteiger partial charge in [-0.3, -0.25) is 9.59 Å². The molecule has 0 bridgehead atoms. The molecule has 2 saturated carbocycles. The minimum atomic E-state index is 0.121. The number of hydrogen-bond acceptors (Lipinski definition) is 2. The van der Waals surface area contributed by atoms with Crippen molar-refractivity contribution in [2.45, 2.75) is 459 Å². The normalized spacial score (nSPS) is 10.1. The van der Waals surface area contributed by atoms with E-state index < -0.39 is 0 Å². The van der Waals surface area contributed by atoms with Gasteiger partial charge in [-0.05, 0) is 189 Å². The molecule has 0 saturated heterocycles. The zero-order valence-corrected chi connectivity index (χ0v) is 99.1. The second kappa shape index (κ2) is 179. The third kappa shape index (κ3) is 181. The fraction of sp³-hybridized carbons (Fsp3) is 0.522. The number of carbonyl (C=O) groups excluding carboxylic acids is 2. The van der Waals surface area contributed by atoms with Crippen molar-refractivity contribution in [3.8, 4) is 0 Å². The van der Waals surface area contributed by atoms with Gasteiger partial charge in [-0.1, -0.05) is 636 Å². The maximum absolute atomic E-state index is 11.0. The highest BCUT2D eigenvalue weighted by molar-refractivity contribution is 5.95. The van der Waals surface area contributed by atoms with Crippen molar-refractivity contribution >= 4 is 11.6 Å². The van der Waals surface area contributed by atoms with E-state index in [1.54, 1.807) is 6.92 Å². The summed E-state index contributed by atoms with van der Waals surface area (Å²) in [6.45, 7) is 90.1. The Labute approximate surface area is 858 Å². The monoisotopic (exact) mass is 1880 g/mol. The first-order chi connectivity index (χ1) is 66.1. The van der Waals surface area contributed by atoms with Crippen LogP contribution >= 0.6 is 0 Å². The highest BCUT2D eigenvalue weighted by Gasteiger charge is 2.07. The topological polar surface area (TPSA) is 34.1 Å². The quantitative estimate of drug-likeness (QED) is 0.0852. The Balaban J connectivity index is -0.0000000732.